The lowest BCUT2D eigenvalue weighted by atomic mass is 10.1. The monoisotopic (exact) mass is 180 g/mol. The summed E-state index contributed by atoms with van der Waals surface area (Å²) < 4.78 is 0. The van der Waals surface area contributed by atoms with Gasteiger partial charge in [-0.15, -0.1) is 0 Å². The first-order chi connectivity index (χ1) is 6.16. The third-order valence-electron chi connectivity index (χ3n) is 1.38. The van der Waals surface area contributed by atoms with Crippen LogP contribution < -0.4 is 0 Å². The van der Waals surface area contributed by atoms with Crippen molar-refractivity contribution in [1.82, 2.24) is 0 Å². The molecule has 1 rings (SSSR count). The highest BCUT2D eigenvalue weighted by Crippen LogP contribution is 2.00. The molecule has 0 heterocycles. The van der Waals surface area contributed by atoms with Gasteiger partial charge in [-0.3, -0.25) is 4.79 Å². The van der Waals surface area contributed by atoms with Gasteiger partial charge in [0, 0.05) is 6.92 Å². The fourth-order valence-electron chi connectivity index (χ4n) is 0.933. The minimum atomic E-state index is -0.833. The molecule has 13 heavy (non-hydrogen) atoms. The summed E-state index contributed by atoms with van der Waals surface area (Å²) in [5.74, 6) is -0.833. The standard InChI is InChI=1S/C9H12.C2H4O2/c1-2-6-9-7-4-3-5-8-9;1-2(3)4/h3-5,7-8H,2,6H2,1H3;1H3,(H,3,4). The number of aliphatic carboxylic acids is 1. The normalized spacial score (nSPS) is 8.46. The van der Waals surface area contributed by atoms with Crippen LogP contribution in [0.5, 0.6) is 0 Å². The van der Waals surface area contributed by atoms with Crippen molar-refractivity contribution in [1.29, 1.82) is 0 Å². The van der Waals surface area contributed by atoms with Crippen LogP contribution in [0.15, 0.2) is 30.3 Å². The lowest BCUT2D eigenvalue weighted by Crippen LogP contribution is -1.78. The Balaban J connectivity index is 0.000000310. The summed E-state index contributed by atoms with van der Waals surface area (Å²) in [6.45, 7) is 3.28. The number of carboxylic acid groups (broad SMARTS) is 1. The van der Waals surface area contributed by atoms with E-state index >= 15 is 0 Å². The molecule has 0 saturated carbocycles. The Hall–Kier alpha value is -1.31. The maximum absolute atomic E-state index is 9.00. The van der Waals surface area contributed by atoms with Gasteiger partial charge in [-0.2, -0.15) is 0 Å². The zero-order valence-corrected chi connectivity index (χ0v) is 8.16. The van der Waals surface area contributed by atoms with E-state index in [0.29, 0.717) is 0 Å². The Kier molecular flexibility index (Phi) is 6.60. The van der Waals surface area contributed by atoms with Crippen molar-refractivity contribution in [2.24, 2.45) is 0 Å². The lowest BCUT2D eigenvalue weighted by molar-refractivity contribution is -0.134. The molecular weight excluding hydrogens is 164 g/mol. The van der Waals surface area contributed by atoms with Crippen molar-refractivity contribution < 1.29 is 9.90 Å². The zero-order valence-electron chi connectivity index (χ0n) is 8.16. The van der Waals surface area contributed by atoms with E-state index in [9.17, 15) is 0 Å². The van der Waals surface area contributed by atoms with Crippen LogP contribution in [0.4, 0.5) is 0 Å². The molecule has 0 atom stereocenters. The summed E-state index contributed by atoms with van der Waals surface area (Å²) in [5.41, 5.74) is 1.44. The van der Waals surface area contributed by atoms with E-state index in [1.165, 1.54) is 18.4 Å². The average Bonchev–Trinajstić information content (AvgIpc) is 2.06. The van der Waals surface area contributed by atoms with Gasteiger partial charge < -0.3 is 5.11 Å². The van der Waals surface area contributed by atoms with Gasteiger partial charge in [0.2, 0.25) is 0 Å². The molecule has 0 amide bonds. The van der Waals surface area contributed by atoms with E-state index in [2.05, 4.69) is 37.3 Å². The molecule has 0 spiro atoms. The minimum absolute atomic E-state index is 0.833. The predicted octanol–water partition coefficient (Wildman–Crippen LogP) is 2.73. The van der Waals surface area contributed by atoms with Gasteiger partial charge in [-0.1, -0.05) is 43.7 Å². The van der Waals surface area contributed by atoms with E-state index < -0.39 is 5.97 Å². The summed E-state index contributed by atoms with van der Waals surface area (Å²) in [5, 5.41) is 7.42. The number of benzene rings is 1. The molecule has 0 fully saturated rings. The second kappa shape index (κ2) is 7.35. The largest absolute Gasteiger partial charge is 0.481 e. The molecule has 0 unspecified atom stereocenters. The van der Waals surface area contributed by atoms with Gasteiger partial charge in [-0.05, 0) is 12.0 Å². The number of rotatable bonds is 2. The molecule has 2 heteroatoms. The van der Waals surface area contributed by atoms with Gasteiger partial charge >= 0.3 is 0 Å². The Morgan fingerprint density at radius 3 is 2.15 bits per heavy atom. The third-order valence-corrected chi connectivity index (χ3v) is 1.38. The molecule has 1 aromatic rings. The topological polar surface area (TPSA) is 37.3 Å². The van der Waals surface area contributed by atoms with Crippen molar-refractivity contribution in [3.63, 3.8) is 0 Å². The molecule has 0 radical (unpaired) electrons. The van der Waals surface area contributed by atoms with Gasteiger partial charge in [-0.25, -0.2) is 0 Å². The van der Waals surface area contributed by atoms with E-state index in [1.807, 2.05) is 0 Å². The van der Waals surface area contributed by atoms with Gasteiger partial charge in [0.1, 0.15) is 0 Å². The van der Waals surface area contributed by atoms with Crippen LogP contribution in [-0.2, 0) is 11.2 Å². The fraction of sp³-hybridized carbons (Fsp3) is 0.364. The highest BCUT2D eigenvalue weighted by molar-refractivity contribution is 5.62. The predicted molar refractivity (Wildman–Crippen MR) is 53.7 cm³/mol. The quantitative estimate of drug-likeness (QED) is 0.759. The number of aryl methyl sites for hydroxylation is 1. The maximum atomic E-state index is 9.00. The number of carboxylic acids is 1. The van der Waals surface area contributed by atoms with Crippen LogP contribution in [0, 0.1) is 0 Å². The first kappa shape index (κ1) is 11.7. The van der Waals surface area contributed by atoms with E-state index in [1.54, 1.807) is 0 Å². The summed E-state index contributed by atoms with van der Waals surface area (Å²) >= 11 is 0. The number of hydrogen-bond donors (Lipinski definition) is 1. The zero-order chi connectivity index (χ0) is 10.1. The van der Waals surface area contributed by atoms with Crippen molar-refractivity contribution >= 4 is 5.97 Å². The summed E-state index contributed by atoms with van der Waals surface area (Å²) in [6, 6.07) is 10.6. The molecular formula is C11H16O2. The van der Waals surface area contributed by atoms with Crippen LogP contribution in [0.1, 0.15) is 25.8 Å². The highest BCUT2D eigenvalue weighted by Gasteiger charge is 1.84. The second-order valence-electron chi connectivity index (χ2n) is 2.75. The summed E-state index contributed by atoms with van der Waals surface area (Å²) in [7, 11) is 0. The van der Waals surface area contributed by atoms with E-state index in [-0.39, 0.29) is 0 Å². The Labute approximate surface area is 79.2 Å². The van der Waals surface area contributed by atoms with Crippen molar-refractivity contribution in [3.05, 3.63) is 35.9 Å². The molecule has 0 bridgehead atoms. The van der Waals surface area contributed by atoms with Gasteiger partial charge in [0.25, 0.3) is 5.97 Å². The highest BCUT2D eigenvalue weighted by atomic mass is 16.4. The lowest BCUT2D eigenvalue weighted by Gasteiger charge is -1.93. The molecule has 2 nitrogen and oxygen atoms in total. The summed E-state index contributed by atoms with van der Waals surface area (Å²) in [4.78, 5) is 9.00. The molecule has 0 saturated heterocycles. The van der Waals surface area contributed by atoms with Crippen LogP contribution in [0.3, 0.4) is 0 Å². The molecule has 0 aliphatic carbocycles. The number of carbonyl (C=O) groups is 1. The molecule has 0 aliphatic rings. The molecule has 72 valence electrons. The first-order valence-corrected chi connectivity index (χ1v) is 4.40. The van der Waals surface area contributed by atoms with Crippen LogP contribution in [-0.4, -0.2) is 11.1 Å². The summed E-state index contributed by atoms with van der Waals surface area (Å²) in [6.07, 6.45) is 2.45. The Morgan fingerprint density at radius 2 is 1.77 bits per heavy atom. The smallest absolute Gasteiger partial charge is 0.300 e. The molecule has 1 aromatic carbocycles. The average molecular weight is 180 g/mol. The molecule has 0 aromatic heterocycles. The number of hydrogen-bond acceptors (Lipinski definition) is 1. The van der Waals surface area contributed by atoms with Crippen molar-refractivity contribution in [2.45, 2.75) is 26.7 Å². The minimum Gasteiger partial charge on any atom is -0.481 e. The van der Waals surface area contributed by atoms with Crippen molar-refractivity contribution in [2.75, 3.05) is 0 Å². The van der Waals surface area contributed by atoms with Crippen LogP contribution >= 0.6 is 0 Å². The Bertz CT molecular complexity index is 225. The SMILES string of the molecule is CC(=O)O.CCCc1ccccc1. The van der Waals surface area contributed by atoms with E-state index in [0.717, 1.165) is 6.92 Å². The third kappa shape index (κ3) is 8.60. The van der Waals surface area contributed by atoms with Gasteiger partial charge in [0.05, 0.1) is 0 Å². The first-order valence-electron chi connectivity index (χ1n) is 4.40. The van der Waals surface area contributed by atoms with E-state index in [4.69, 9.17) is 9.90 Å². The Morgan fingerprint density at radius 1 is 1.31 bits per heavy atom. The fourth-order valence-corrected chi connectivity index (χ4v) is 0.933. The maximum Gasteiger partial charge on any atom is 0.300 e. The molecule has 1 N–H and O–H groups in total. The van der Waals surface area contributed by atoms with Gasteiger partial charge in [0.15, 0.2) is 0 Å². The van der Waals surface area contributed by atoms with Crippen molar-refractivity contribution in [3.8, 4) is 0 Å². The molecule has 0 aliphatic heterocycles. The van der Waals surface area contributed by atoms with Crippen LogP contribution in [0.25, 0.3) is 0 Å². The van der Waals surface area contributed by atoms with Crippen LogP contribution in [0.2, 0.25) is 0 Å². The second-order valence-corrected chi connectivity index (χ2v) is 2.75.